The minimum absolute atomic E-state index is 0.167. The van der Waals surface area contributed by atoms with Gasteiger partial charge in [-0.1, -0.05) is 91.0 Å². The van der Waals surface area contributed by atoms with Gasteiger partial charge < -0.3 is 0 Å². The molecule has 30 heavy (non-hydrogen) atoms. The molecule has 0 unspecified atom stereocenters. The molecule has 0 aromatic heterocycles. The highest BCUT2D eigenvalue weighted by Gasteiger charge is 2.13. The molecule has 4 rings (SSSR count). The van der Waals surface area contributed by atoms with Crippen LogP contribution in [-0.4, -0.2) is 0 Å². The Labute approximate surface area is 174 Å². The Hall–Kier alpha value is -3.59. The van der Waals surface area contributed by atoms with Crippen LogP contribution in [0.25, 0.3) is 34.4 Å². The van der Waals surface area contributed by atoms with Crippen LogP contribution in [0, 0.1) is 24.4 Å². The molecule has 4 aromatic carbocycles. The zero-order valence-corrected chi connectivity index (χ0v) is 16.4. The summed E-state index contributed by atoms with van der Waals surface area (Å²) in [5.74, 6) is -2.02. The number of benzene rings is 4. The van der Waals surface area contributed by atoms with Crippen molar-refractivity contribution in [1.29, 1.82) is 0 Å². The first-order valence-corrected chi connectivity index (χ1v) is 9.61. The van der Waals surface area contributed by atoms with Crippen LogP contribution < -0.4 is 0 Å². The summed E-state index contributed by atoms with van der Waals surface area (Å²) in [6.45, 7) is 1.84. The molecule has 0 radical (unpaired) electrons. The lowest BCUT2D eigenvalue weighted by Crippen LogP contribution is -1.93. The van der Waals surface area contributed by atoms with Gasteiger partial charge >= 0.3 is 0 Å². The number of hydrogen-bond donors (Lipinski definition) is 0. The summed E-state index contributed by atoms with van der Waals surface area (Å²) in [7, 11) is 0. The van der Waals surface area contributed by atoms with Gasteiger partial charge in [-0.15, -0.1) is 0 Å². The fourth-order valence-corrected chi connectivity index (χ4v) is 3.35. The van der Waals surface area contributed by atoms with Crippen molar-refractivity contribution in [3.8, 4) is 22.3 Å². The van der Waals surface area contributed by atoms with Crippen molar-refractivity contribution in [3.63, 3.8) is 0 Å². The van der Waals surface area contributed by atoms with Gasteiger partial charge in [0.2, 0.25) is 0 Å². The largest absolute Gasteiger partial charge is 0.206 e. The Morgan fingerprint density at radius 1 is 0.600 bits per heavy atom. The van der Waals surface area contributed by atoms with E-state index in [1.165, 1.54) is 12.1 Å². The topological polar surface area (TPSA) is 0 Å². The van der Waals surface area contributed by atoms with E-state index in [1.54, 1.807) is 48.5 Å². The molecule has 0 N–H and O–H groups in total. The molecule has 148 valence electrons. The first-order chi connectivity index (χ1) is 14.5. The van der Waals surface area contributed by atoms with Crippen molar-refractivity contribution in [2.45, 2.75) is 6.92 Å². The lowest BCUT2D eigenvalue weighted by molar-refractivity contribution is 0.509. The van der Waals surface area contributed by atoms with Crippen LogP contribution in [-0.2, 0) is 0 Å². The molecule has 0 heterocycles. The van der Waals surface area contributed by atoms with Crippen molar-refractivity contribution in [2.24, 2.45) is 0 Å². The number of hydrogen-bond acceptors (Lipinski definition) is 0. The fraction of sp³-hybridized carbons (Fsp3) is 0.0370. The third kappa shape index (κ3) is 4.06. The van der Waals surface area contributed by atoms with Crippen molar-refractivity contribution in [3.05, 3.63) is 119 Å². The minimum atomic E-state index is -0.883. The Morgan fingerprint density at radius 2 is 1.27 bits per heavy atom. The van der Waals surface area contributed by atoms with E-state index < -0.39 is 11.6 Å². The Morgan fingerprint density at radius 3 is 1.97 bits per heavy atom. The van der Waals surface area contributed by atoms with E-state index in [4.69, 9.17) is 0 Å². The maximum absolute atomic E-state index is 14.5. The van der Waals surface area contributed by atoms with Gasteiger partial charge in [0.15, 0.2) is 11.6 Å². The van der Waals surface area contributed by atoms with Gasteiger partial charge in [-0.3, -0.25) is 0 Å². The van der Waals surface area contributed by atoms with Crippen LogP contribution in [0.4, 0.5) is 13.2 Å². The van der Waals surface area contributed by atoms with E-state index in [1.807, 2.05) is 43.3 Å². The molecule has 0 bridgehead atoms. The predicted octanol–water partition coefficient (Wildman–Crippen LogP) is 7.92. The van der Waals surface area contributed by atoms with Gasteiger partial charge in [-0.2, -0.15) is 0 Å². The van der Waals surface area contributed by atoms with Crippen LogP contribution in [0.15, 0.2) is 84.9 Å². The van der Waals surface area contributed by atoms with Gasteiger partial charge in [0, 0.05) is 16.7 Å². The molecule has 0 spiro atoms. The van der Waals surface area contributed by atoms with Gasteiger partial charge in [0.05, 0.1) is 0 Å². The second kappa shape index (κ2) is 8.42. The number of rotatable bonds is 4. The van der Waals surface area contributed by atoms with Crippen LogP contribution in [0.5, 0.6) is 0 Å². The highest BCUT2D eigenvalue weighted by Crippen LogP contribution is 2.28. The quantitative estimate of drug-likeness (QED) is 0.305. The molecular formula is C27H19F3. The van der Waals surface area contributed by atoms with E-state index in [-0.39, 0.29) is 16.9 Å². The van der Waals surface area contributed by atoms with Crippen LogP contribution >= 0.6 is 0 Å². The highest BCUT2D eigenvalue weighted by molar-refractivity contribution is 5.74. The third-order valence-electron chi connectivity index (χ3n) is 5.00. The van der Waals surface area contributed by atoms with Crippen molar-refractivity contribution < 1.29 is 13.2 Å². The predicted molar refractivity (Wildman–Crippen MR) is 117 cm³/mol. The molecule has 0 amide bonds. The zero-order chi connectivity index (χ0) is 21.1. The third-order valence-corrected chi connectivity index (χ3v) is 5.00. The molecule has 0 nitrogen and oxygen atoms in total. The maximum atomic E-state index is 14.5. The summed E-state index contributed by atoms with van der Waals surface area (Å²) >= 11 is 0. The molecule has 0 aliphatic carbocycles. The summed E-state index contributed by atoms with van der Waals surface area (Å²) < 4.78 is 43.2. The second-order valence-corrected chi connectivity index (χ2v) is 7.13. The molecule has 0 aliphatic heterocycles. The molecule has 4 aromatic rings. The van der Waals surface area contributed by atoms with E-state index in [2.05, 4.69) is 0 Å². The second-order valence-electron chi connectivity index (χ2n) is 7.13. The molecule has 0 fully saturated rings. The number of halogens is 3. The lowest BCUT2D eigenvalue weighted by Gasteiger charge is -2.07. The summed E-state index contributed by atoms with van der Waals surface area (Å²) in [5, 5.41) is 0. The summed E-state index contributed by atoms with van der Waals surface area (Å²) in [6.07, 6.45) is 3.24. The average Bonchev–Trinajstić information content (AvgIpc) is 2.76. The zero-order valence-electron chi connectivity index (χ0n) is 16.4. The fourth-order valence-electron chi connectivity index (χ4n) is 3.35. The van der Waals surface area contributed by atoms with Crippen molar-refractivity contribution >= 4 is 12.2 Å². The summed E-state index contributed by atoms with van der Waals surface area (Å²) in [4.78, 5) is 0. The smallest absolute Gasteiger partial charge is 0.167 e. The molecule has 0 saturated carbocycles. The standard InChI is InChI=1S/C27H19F3/c1-18-7-15-23(25(28)17-18)21-11-8-19(9-12-21)10-13-22-14-16-24(27(30)26(22)29)20-5-3-2-4-6-20/h2-17H,1H3. The van der Waals surface area contributed by atoms with Gasteiger partial charge in [0.25, 0.3) is 0 Å². The summed E-state index contributed by atoms with van der Waals surface area (Å²) in [6, 6.07) is 24.4. The summed E-state index contributed by atoms with van der Waals surface area (Å²) in [5.41, 5.74) is 3.98. The maximum Gasteiger partial charge on any atom is 0.167 e. The van der Waals surface area contributed by atoms with E-state index in [9.17, 15) is 13.2 Å². The van der Waals surface area contributed by atoms with E-state index in [0.717, 1.165) is 16.7 Å². The first-order valence-electron chi connectivity index (χ1n) is 9.61. The van der Waals surface area contributed by atoms with E-state index >= 15 is 0 Å². The monoisotopic (exact) mass is 400 g/mol. The molecule has 0 atom stereocenters. The van der Waals surface area contributed by atoms with Gasteiger partial charge in [-0.05, 0) is 35.2 Å². The normalized spacial score (nSPS) is 11.2. The van der Waals surface area contributed by atoms with Gasteiger partial charge in [0.1, 0.15) is 5.82 Å². The van der Waals surface area contributed by atoms with Gasteiger partial charge in [-0.25, -0.2) is 13.2 Å². The molecular weight excluding hydrogens is 381 g/mol. The Kier molecular flexibility index (Phi) is 5.53. The van der Waals surface area contributed by atoms with Crippen LogP contribution in [0.3, 0.4) is 0 Å². The SMILES string of the molecule is Cc1ccc(-c2ccc(C=Cc3ccc(-c4ccccc4)c(F)c3F)cc2)c(F)c1. The van der Waals surface area contributed by atoms with Crippen LogP contribution in [0.1, 0.15) is 16.7 Å². The number of aryl methyl sites for hydroxylation is 1. The van der Waals surface area contributed by atoms with Crippen molar-refractivity contribution in [2.75, 3.05) is 0 Å². The Balaban J connectivity index is 1.57. The molecule has 0 aliphatic rings. The van der Waals surface area contributed by atoms with E-state index in [0.29, 0.717) is 11.1 Å². The molecule has 3 heteroatoms. The highest BCUT2D eigenvalue weighted by atomic mass is 19.2. The first kappa shape index (κ1) is 19.7. The molecule has 0 saturated heterocycles. The minimum Gasteiger partial charge on any atom is -0.206 e. The van der Waals surface area contributed by atoms with Crippen LogP contribution in [0.2, 0.25) is 0 Å². The van der Waals surface area contributed by atoms with Crippen molar-refractivity contribution in [1.82, 2.24) is 0 Å². The lowest BCUT2D eigenvalue weighted by atomic mass is 10.0. The average molecular weight is 400 g/mol. The Bertz CT molecular complexity index is 1210.